The third kappa shape index (κ3) is 4.98. The zero-order valence-electron chi connectivity index (χ0n) is 17.9. The van der Waals surface area contributed by atoms with Crippen LogP contribution in [0.1, 0.15) is 47.5 Å². The van der Waals surface area contributed by atoms with Gasteiger partial charge in [0.2, 0.25) is 11.7 Å². The van der Waals surface area contributed by atoms with E-state index in [0.717, 1.165) is 5.56 Å². The van der Waals surface area contributed by atoms with E-state index in [9.17, 15) is 18.0 Å². The van der Waals surface area contributed by atoms with E-state index in [0.29, 0.717) is 29.0 Å². The molecule has 0 saturated heterocycles. The zero-order valence-corrected chi connectivity index (χ0v) is 17.9. The van der Waals surface area contributed by atoms with Gasteiger partial charge >= 0.3 is 6.18 Å². The number of pyridine rings is 1. The molecule has 11 heteroatoms. The third-order valence-electron chi connectivity index (χ3n) is 5.43. The molecule has 33 heavy (non-hydrogen) atoms. The molecule has 0 spiro atoms. The van der Waals surface area contributed by atoms with E-state index in [1.54, 1.807) is 16.7 Å². The van der Waals surface area contributed by atoms with Gasteiger partial charge in [-0.05, 0) is 49.5 Å². The fourth-order valence-electron chi connectivity index (χ4n) is 3.46. The van der Waals surface area contributed by atoms with Crippen molar-refractivity contribution in [1.29, 1.82) is 0 Å². The summed E-state index contributed by atoms with van der Waals surface area (Å²) in [7, 11) is 0. The molecule has 0 fully saturated rings. The fraction of sp³-hybridized carbons (Fsp3) is 0.364. The average molecular weight is 461 g/mol. The Bertz CT molecular complexity index is 1240. The van der Waals surface area contributed by atoms with Gasteiger partial charge in [0.25, 0.3) is 5.91 Å². The molecule has 2 N–H and O–H groups in total. The molecule has 2 atom stereocenters. The molecule has 3 aromatic heterocycles. The van der Waals surface area contributed by atoms with Crippen LogP contribution in [0, 0.1) is 12.8 Å². The molecule has 1 aliphatic carbocycles. The number of aliphatic hydroxyl groups is 1. The molecule has 0 radical (unpaired) electrons. The molecule has 0 aliphatic heterocycles. The van der Waals surface area contributed by atoms with Crippen molar-refractivity contribution in [3.8, 4) is 0 Å². The minimum atomic E-state index is -4.69. The van der Waals surface area contributed by atoms with Crippen molar-refractivity contribution in [2.75, 3.05) is 0 Å². The van der Waals surface area contributed by atoms with Crippen LogP contribution in [0.3, 0.4) is 0 Å². The Hall–Kier alpha value is -3.47. The van der Waals surface area contributed by atoms with E-state index in [1.165, 1.54) is 6.20 Å². The van der Waals surface area contributed by atoms with Gasteiger partial charge in [0.15, 0.2) is 0 Å². The summed E-state index contributed by atoms with van der Waals surface area (Å²) in [5.41, 5.74) is 3.33. The molecular weight excluding hydrogens is 439 g/mol. The van der Waals surface area contributed by atoms with Gasteiger partial charge < -0.3 is 14.9 Å². The maximum absolute atomic E-state index is 12.9. The van der Waals surface area contributed by atoms with Gasteiger partial charge in [-0.3, -0.25) is 9.20 Å². The lowest BCUT2D eigenvalue weighted by Gasteiger charge is -2.20. The first-order chi connectivity index (χ1) is 15.6. The van der Waals surface area contributed by atoms with Gasteiger partial charge in [-0.25, -0.2) is 4.98 Å². The van der Waals surface area contributed by atoms with Gasteiger partial charge in [-0.1, -0.05) is 18.2 Å². The Kier molecular flexibility index (Phi) is 6.07. The van der Waals surface area contributed by atoms with E-state index < -0.39 is 18.7 Å². The van der Waals surface area contributed by atoms with Crippen LogP contribution in [0.25, 0.3) is 11.2 Å². The smallest absolute Gasteiger partial charge is 0.384 e. The first kappa shape index (κ1) is 22.7. The summed E-state index contributed by atoms with van der Waals surface area (Å²) in [5, 5.41) is 15.9. The number of hydrogen-bond donors (Lipinski definition) is 2. The number of allylic oxidation sites excluding steroid dienone is 4. The lowest BCUT2D eigenvalue weighted by atomic mass is 9.94. The summed E-state index contributed by atoms with van der Waals surface area (Å²) in [6.07, 6.45) is -0.439. The Labute approximate surface area is 186 Å². The number of aryl methyl sites for hydroxylation is 2. The number of rotatable bonds is 6. The number of fused-ring (bicyclic) bond motifs is 1. The van der Waals surface area contributed by atoms with E-state index in [2.05, 4.69) is 20.4 Å². The van der Waals surface area contributed by atoms with Crippen molar-refractivity contribution in [3.63, 3.8) is 0 Å². The highest BCUT2D eigenvalue weighted by Gasteiger charge is 2.38. The highest BCUT2D eigenvalue weighted by Crippen LogP contribution is 2.28. The van der Waals surface area contributed by atoms with Crippen molar-refractivity contribution in [1.82, 2.24) is 24.8 Å². The van der Waals surface area contributed by atoms with E-state index in [4.69, 9.17) is 9.63 Å². The number of imidazole rings is 1. The molecule has 1 aliphatic rings. The SMILES string of the molecule is Cc1ccn2c(C(=O)NC3=CC(c4noc(CCC(O)C(F)(F)F)n4)=CCC3C)cnc2c1. The second-order valence-electron chi connectivity index (χ2n) is 8.03. The van der Waals surface area contributed by atoms with Crippen LogP contribution in [-0.2, 0) is 6.42 Å². The predicted molar refractivity (Wildman–Crippen MR) is 112 cm³/mol. The first-order valence-corrected chi connectivity index (χ1v) is 10.4. The largest absolute Gasteiger partial charge is 0.414 e. The number of amides is 1. The summed E-state index contributed by atoms with van der Waals surface area (Å²) in [6, 6.07) is 3.76. The van der Waals surface area contributed by atoms with Gasteiger partial charge in [0, 0.05) is 23.9 Å². The topological polar surface area (TPSA) is 106 Å². The van der Waals surface area contributed by atoms with Crippen LogP contribution in [0.2, 0.25) is 0 Å². The van der Waals surface area contributed by atoms with Gasteiger partial charge in [0.05, 0.1) is 6.20 Å². The summed E-state index contributed by atoms with van der Waals surface area (Å²) >= 11 is 0. The van der Waals surface area contributed by atoms with Gasteiger partial charge in [0.1, 0.15) is 17.4 Å². The quantitative estimate of drug-likeness (QED) is 0.581. The molecule has 1 amide bonds. The number of aliphatic hydroxyl groups excluding tert-OH is 1. The Morgan fingerprint density at radius 3 is 2.97 bits per heavy atom. The molecule has 3 heterocycles. The van der Waals surface area contributed by atoms with Crippen LogP contribution in [0.15, 0.2) is 46.9 Å². The number of halogens is 3. The summed E-state index contributed by atoms with van der Waals surface area (Å²) in [4.78, 5) is 21.3. The number of carbonyl (C=O) groups excluding carboxylic acids is 1. The van der Waals surface area contributed by atoms with Crippen molar-refractivity contribution < 1.29 is 27.6 Å². The second-order valence-corrected chi connectivity index (χ2v) is 8.03. The number of nitrogens with one attached hydrogen (secondary N) is 1. The molecule has 2 unspecified atom stereocenters. The minimum Gasteiger partial charge on any atom is -0.384 e. The molecule has 0 saturated carbocycles. The van der Waals surface area contributed by atoms with Crippen molar-refractivity contribution in [3.05, 3.63) is 65.3 Å². The molecule has 4 rings (SSSR count). The molecule has 8 nitrogen and oxygen atoms in total. The van der Waals surface area contributed by atoms with Crippen LogP contribution in [0.4, 0.5) is 13.2 Å². The lowest BCUT2D eigenvalue weighted by molar-refractivity contribution is -0.205. The highest BCUT2D eigenvalue weighted by atomic mass is 19.4. The summed E-state index contributed by atoms with van der Waals surface area (Å²) in [6.45, 7) is 3.90. The van der Waals surface area contributed by atoms with Crippen molar-refractivity contribution in [2.24, 2.45) is 5.92 Å². The third-order valence-corrected chi connectivity index (χ3v) is 5.43. The Morgan fingerprint density at radius 2 is 2.21 bits per heavy atom. The molecular formula is C22H22F3N5O3. The average Bonchev–Trinajstić information content (AvgIpc) is 3.39. The Balaban J connectivity index is 1.47. The number of hydrogen-bond acceptors (Lipinski definition) is 6. The molecule has 3 aromatic rings. The van der Waals surface area contributed by atoms with Crippen LogP contribution in [-0.4, -0.2) is 42.8 Å². The van der Waals surface area contributed by atoms with Crippen LogP contribution < -0.4 is 5.32 Å². The van der Waals surface area contributed by atoms with Gasteiger partial charge in [-0.15, -0.1) is 0 Å². The second kappa shape index (κ2) is 8.81. The van der Waals surface area contributed by atoms with E-state index in [1.807, 2.05) is 32.1 Å². The number of carbonyl (C=O) groups is 1. The predicted octanol–water partition coefficient (Wildman–Crippen LogP) is 3.62. The van der Waals surface area contributed by atoms with E-state index in [-0.39, 0.29) is 30.0 Å². The van der Waals surface area contributed by atoms with Crippen LogP contribution >= 0.6 is 0 Å². The van der Waals surface area contributed by atoms with Crippen molar-refractivity contribution >= 4 is 17.1 Å². The van der Waals surface area contributed by atoms with E-state index >= 15 is 0 Å². The lowest BCUT2D eigenvalue weighted by Crippen LogP contribution is -2.28. The normalized spacial score (nSPS) is 17.6. The van der Waals surface area contributed by atoms with Crippen LogP contribution in [0.5, 0.6) is 0 Å². The standard InChI is InChI=1S/C22H22F3N5O3/c1-12-7-8-30-16(11-26-18(30)9-12)21(32)27-15-10-14(4-3-13(15)2)20-28-19(33-29-20)6-5-17(31)22(23,24)25/h4,7-11,13,17,31H,3,5-6H2,1-2H3,(H,27,32). The zero-order chi connectivity index (χ0) is 23.8. The minimum absolute atomic E-state index is 0.00664. The first-order valence-electron chi connectivity index (χ1n) is 10.4. The van der Waals surface area contributed by atoms with Gasteiger partial charge in [-0.2, -0.15) is 18.2 Å². The monoisotopic (exact) mass is 461 g/mol. The number of alkyl halides is 3. The maximum Gasteiger partial charge on any atom is 0.414 e. The molecule has 174 valence electrons. The number of aromatic nitrogens is 4. The highest BCUT2D eigenvalue weighted by molar-refractivity contribution is 5.95. The maximum atomic E-state index is 12.9. The molecule has 0 bridgehead atoms. The fourth-order valence-corrected chi connectivity index (χ4v) is 3.46. The summed E-state index contributed by atoms with van der Waals surface area (Å²) in [5.74, 6) is -0.101. The number of nitrogens with zero attached hydrogens (tertiary/aromatic N) is 4. The Morgan fingerprint density at radius 1 is 1.42 bits per heavy atom. The molecule has 0 aromatic carbocycles. The van der Waals surface area contributed by atoms with Crippen molar-refractivity contribution in [2.45, 2.75) is 45.4 Å². The summed E-state index contributed by atoms with van der Waals surface area (Å²) < 4.78 is 44.1.